The van der Waals surface area contributed by atoms with Gasteiger partial charge in [0.15, 0.2) is 12.4 Å². The third-order valence-electron chi connectivity index (χ3n) is 3.35. The number of hydrogen-bond donors (Lipinski definition) is 0. The molecule has 0 spiro atoms. The molecule has 0 saturated carbocycles. The van der Waals surface area contributed by atoms with Crippen molar-refractivity contribution >= 4 is 23.5 Å². The average Bonchev–Trinajstić information content (AvgIpc) is 2.77. The molecule has 1 aliphatic heterocycles. The summed E-state index contributed by atoms with van der Waals surface area (Å²) in [5, 5.41) is 0. The minimum atomic E-state index is -0.0908. The van der Waals surface area contributed by atoms with Gasteiger partial charge >= 0.3 is 0 Å². The Kier molecular flexibility index (Phi) is 5.07. The maximum atomic E-state index is 12.5. The highest BCUT2D eigenvalue weighted by Crippen LogP contribution is 2.24. The zero-order chi connectivity index (χ0) is 14.8. The first-order chi connectivity index (χ1) is 10.1. The summed E-state index contributed by atoms with van der Waals surface area (Å²) in [7, 11) is 1.96. The summed E-state index contributed by atoms with van der Waals surface area (Å²) in [6.07, 6.45) is 5.70. The summed E-state index contributed by atoms with van der Waals surface area (Å²) in [5.74, 6) is 0.603. The third-order valence-corrected chi connectivity index (χ3v) is 3.35. The van der Waals surface area contributed by atoms with Crippen LogP contribution in [0.15, 0.2) is 65.5 Å². The second kappa shape index (κ2) is 6.83. The Bertz CT molecular complexity index is 736. The standard InChI is InChI=1S/C17H16N3O.HI/c1-13-18-16(12-14-8-10-19(2)11-9-14)17(21)20(13)15-6-4-3-5-7-15;/h3-12H,1-2H3;1H/q+1;/p-1. The fourth-order valence-electron chi connectivity index (χ4n) is 2.28. The van der Waals surface area contributed by atoms with Gasteiger partial charge in [-0.1, -0.05) is 18.2 Å². The molecule has 0 fully saturated rings. The van der Waals surface area contributed by atoms with E-state index >= 15 is 0 Å². The molecule has 0 aliphatic carbocycles. The van der Waals surface area contributed by atoms with Gasteiger partial charge in [-0.3, -0.25) is 9.69 Å². The third kappa shape index (κ3) is 3.24. The number of pyridine rings is 1. The molecule has 1 amide bonds. The Morgan fingerprint density at radius 1 is 1.09 bits per heavy atom. The summed E-state index contributed by atoms with van der Waals surface area (Å²) < 4.78 is 1.95. The highest BCUT2D eigenvalue weighted by atomic mass is 127. The minimum Gasteiger partial charge on any atom is -1.00 e. The minimum absolute atomic E-state index is 0. The van der Waals surface area contributed by atoms with Crippen LogP contribution in [0.3, 0.4) is 0 Å². The number of aryl methyl sites for hydroxylation is 1. The first kappa shape index (κ1) is 16.4. The monoisotopic (exact) mass is 405 g/mol. The van der Waals surface area contributed by atoms with Crippen molar-refractivity contribution < 1.29 is 33.3 Å². The fourth-order valence-corrected chi connectivity index (χ4v) is 2.28. The number of benzene rings is 1. The zero-order valence-electron chi connectivity index (χ0n) is 12.4. The summed E-state index contributed by atoms with van der Waals surface area (Å²) in [6.45, 7) is 1.84. The Morgan fingerprint density at radius 3 is 2.36 bits per heavy atom. The predicted molar refractivity (Wildman–Crippen MR) is 82.6 cm³/mol. The number of hydrogen-bond acceptors (Lipinski definition) is 2. The largest absolute Gasteiger partial charge is 1.00 e. The molecule has 5 heteroatoms. The molecule has 0 radical (unpaired) electrons. The summed E-state index contributed by atoms with van der Waals surface area (Å²) >= 11 is 0. The first-order valence-electron chi connectivity index (χ1n) is 6.77. The number of halogens is 1. The summed E-state index contributed by atoms with van der Waals surface area (Å²) in [5.41, 5.74) is 2.26. The normalized spacial score (nSPS) is 15.7. The number of carbonyl (C=O) groups excluding carboxylic acids is 1. The highest BCUT2D eigenvalue weighted by molar-refractivity contribution is 6.28. The first-order valence-corrected chi connectivity index (χ1v) is 6.77. The van der Waals surface area contributed by atoms with E-state index < -0.39 is 0 Å². The molecular formula is C17H16IN3O. The lowest BCUT2D eigenvalue weighted by atomic mass is 10.2. The van der Waals surface area contributed by atoms with Crippen LogP contribution in [-0.2, 0) is 11.8 Å². The van der Waals surface area contributed by atoms with Crippen LogP contribution in [0, 0.1) is 0 Å². The molecule has 1 aliphatic rings. The molecule has 1 aromatic heterocycles. The van der Waals surface area contributed by atoms with E-state index in [1.807, 2.05) is 79.5 Å². The molecule has 2 heterocycles. The Labute approximate surface area is 146 Å². The number of amides is 1. The second-order valence-corrected chi connectivity index (χ2v) is 4.96. The number of anilines is 1. The molecular weight excluding hydrogens is 389 g/mol. The number of carbonyl (C=O) groups is 1. The summed E-state index contributed by atoms with van der Waals surface area (Å²) in [4.78, 5) is 18.6. The number of nitrogens with zero attached hydrogens (tertiary/aromatic N) is 3. The highest BCUT2D eigenvalue weighted by Gasteiger charge is 2.28. The van der Waals surface area contributed by atoms with Crippen molar-refractivity contribution in [2.45, 2.75) is 6.92 Å². The van der Waals surface area contributed by atoms with E-state index in [9.17, 15) is 4.79 Å². The van der Waals surface area contributed by atoms with Gasteiger partial charge in [0.1, 0.15) is 18.6 Å². The SMILES string of the molecule is CC1=N/C(=C\c2cc[n+](C)cc2)C(=O)N1c1ccccc1.[I-]. The molecule has 0 bridgehead atoms. The molecule has 3 rings (SSSR count). The van der Waals surface area contributed by atoms with Crippen LogP contribution >= 0.6 is 0 Å². The lowest BCUT2D eigenvalue weighted by Gasteiger charge is -2.15. The van der Waals surface area contributed by atoms with Gasteiger partial charge in [-0.2, -0.15) is 0 Å². The number of aromatic nitrogens is 1. The molecule has 22 heavy (non-hydrogen) atoms. The lowest BCUT2D eigenvalue weighted by molar-refractivity contribution is -0.671. The number of aliphatic imine (C=N–C) groups is 1. The number of amidine groups is 1. The van der Waals surface area contributed by atoms with Crippen LogP contribution in [-0.4, -0.2) is 11.7 Å². The van der Waals surface area contributed by atoms with Gasteiger partial charge < -0.3 is 24.0 Å². The lowest BCUT2D eigenvalue weighted by Crippen LogP contribution is -3.00. The Balaban J connectivity index is 0.00000176. The van der Waals surface area contributed by atoms with Crippen LogP contribution in [0.25, 0.3) is 6.08 Å². The molecule has 112 valence electrons. The van der Waals surface area contributed by atoms with E-state index in [1.54, 1.807) is 4.90 Å². The fraction of sp³-hybridized carbons (Fsp3) is 0.118. The second-order valence-electron chi connectivity index (χ2n) is 4.96. The molecule has 4 nitrogen and oxygen atoms in total. The quantitative estimate of drug-likeness (QED) is 0.371. The van der Waals surface area contributed by atoms with E-state index in [0.29, 0.717) is 11.5 Å². The van der Waals surface area contributed by atoms with Gasteiger partial charge in [-0.15, -0.1) is 0 Å². The van der Waals surface area contributed by atoms with Gasteiger partial charge in [0.2, 0.25) is 0 Å². The molecule has 0 unspecified atom stereocenters. The predicted octanol–water partition coefficient (Wildman–Crippen LogP) is -0.679. The van der Waals surface area contributed by atoms with Crippen molar-refractivity contribution in [1.29, 1.82) is 0 Å². The summed E-state index contributed by atoms with van der Waals surface area (Å²) in [6, 6.07) is 13.5. The maximum Gasteiger partial charge on any atom is 0.282 e. The Hall–Kier alpha value is -2.02. The molecule has 0 atom stereocenters. The zero-order valence-corrected chi connectivity index (χ0v) is 14.6. The van der Waals surface area contributed by atoms with Crippen LogP contribution in [0.5, 0.6) is 0 Å². The van der Waals surface area contributed by atoms with Crippen molar-refractivity contribution in [3.63, 3.8) is 0 Å². The van der Waals surface area contributed by atoms with Crippen LogP contribution < -0.4 is 33.4 Å². The topological polar surface area (TPSA) is 36.6 Å². The van der Waals surface area contributed by atoms with Crippen LogP contribution in [0.4, 0.5) is 5.69 Å². The van der Waals surface area contributed by atoms with Crippen LogP contribution in [0.1, 0.15) is 12.5 Å². The van der Waals surface area contributed by atoms with Crippen molar-refractivity contribution in [2.75, 3.05) is 4.90 Å². The van der Waals surface area contributed by atoms with Crippen molar-refractivity contribution in [2.24, 2.45) is 12.0 Å². The maximum absolute atomic E-state index is 12.5. The smallest absolute Gasteiger partial charge is 0.282 e. The number of para-hydroxylation sites is 1. The van der Waals surface area contributed by atoms with E-state index in [2.05, 4.69) is 4.99 Å². The van der Waals surface area contributed by atoms with Gasteiger partial charge in [0.05, 0.1) is 5.69 Å². The van der Waals surface area contributed by atoms with E-state index in [0.717, 1.165) is 11.3 Å². The van der Waals surface area contributed by atoms with E-state index in [-0.39, 0.29) is 29.9 Å². The van der Waals surface area contributed by atoms with Gasteiger partial charge in [0.25, 0.3) is 5.91 Å². The van der Waals surface area contributed by atoms with Crippen molar-refractivity contribution in [3.05, 3.63) is 66.1 Å². The van der Waals surface area contributed by atoms with E-state index in [1.165, 1.54) is 0 Å². The van der Waals surface area contributed by atoms with Crippen molar-refractivity contribution in [1.82, 2.24) is 0 Å². The van der Waals surface area contributed by atoms with Crippen molar-refractivity contribution in [3.8, 4) is 0 Å². The average molecular weight is 405 g/mol. The van der Waals surface area contributed by atoms with E-state index in [4.69, 9.17) is 0 Å². The molecule has 1 aromatic carbocycles. The van der Waals surface area contributed by atoms with Gasteiger partial charge in [0, 0.05) is 12.1 Å². The van der Waals surface area contributed by atoms with Gasteiger partial charge in [-0.05, 0) is 30.7 Å². The molecule has 0 saturated heterocycles. The molecule has 2 aromatic rings. The van der Waals surface area contributed by atoms with Gasteiger partial charge in [-0.25, -0.2) is 9.56 Å². The van der Waals surface area contributed by atoms with Crippen LogP contribution in [0.2, 0.25) is 0 Å². The molecule has 0 N–H and O–H groups in total. The Morgan fingerprint density at radius 2 is 1.73 bits per heavy atom. The number of rotatable bonds is 2.